The van der Waals surface area contributed by atoms with Crippen molar-refractivity contribution in [2.75, 3.05) is 5.88 Å². The van der Waals surface area contributed by atoms with Gasteiger partial charge in [-0.15, -0.1) is 11.6 Å². The van der Waals surface area contributed by atoms with Gasteiger partial charge in [-0.3, -0.25) is 4.79 Å². The molecule has 0 saturated carbocycles. The van der Waals surface area contributed by atoms with Crippen molar-refractivity contribution < 1.29 is 14.7 Å². The fraction of sp³-hybridized carbons (Fsp3) is 0.750. The van der Waals surface area contributed by atoms with Crippen molar-refractivity contribution in [1.82, 2.24) is 0 Å². The maximum atomic E-state index is 9.54. The van der Waals surface area contributed by atoms with E-state index in [2.05, 4.69) is 6.92 Å². The number of hydrogen-bond donors (Lipinski definition) is 1. The van der Waals surface area contributed by atoms with E-state index in [0.717, 1.165) is 12.8 Å². The number of carbonyl (C=O) groups is 2. The Labute approximate surface area is 77.7 Å². The Morgan fingerprint density at radius 1 is 1.33 bits per heavy atom. The smallest absolute Gasteiger partial charge is 0.371 e. The molecular weight excluding hydrogens is 180 g/mol. The highest BCUT2D eigenvalue weighted by molar-refractivity contribution is 6.31. The quantitative estimate of drug-likeness (QED) is 0.424. The van der Waals surface area contributed by atoms with Gasteiger partial charge in [0.1, 0.15) is 0 Å². The molecule has 0 rings (SSSR count). The Balaban J connectivity index is 0. The summed E-state index contributed by atoms with van der Waals surface area (Å²) in [5.41, 5.74) is 0. The normalized spacial score (nSPS) is 8.25. The lowest BCUT2D eigenvalue weighted by molar-refractivity contribution is -0.148. The van der Waals surface area contributed by atoms with Crippen LogP contribution in [0.25, 0.3) is 0 Å². The fourth-order valence-electron chi connectivity index (χ4n) is 0.344. The Morgan fingerprint density at radius 3 is 1.83 bits per heavy atom. The Hall–Kier alpha value is -0.570. The minimum Gasteiger partial charge on any atom is -0.476 e. The van der Waals surface area contributed by atoms with Gasteiger partial charge >= 0.3 is 5.97 Å². The van der Waals surface area contributed by atoms with Crippen LogP contribution in [-0.4, -0.2) is 22.7 Å². The van der Waals surface area contributed by atoms with E-state index in [-0.39, 0.29) is 0 Å². The molecule has 0 saturated heterocycles. The van der Waals surface area contributed by atoms with E-state index < -0.39 is 11.8 Å². The van der Waals surface area contributed by atoms with E-state index in [1.54, 1.807) is 0 Å². The van der Waals surface area contributed by atoms with E-state index in [4.69, 9.17) is 16.7 Å². The van der Waals surface area contributed by atoms with Crippen molar-refractivity contribution in [1.29, 1.82) is 0 Å². The predicted octanol–water partition coefficient (Wildman–Crippen LogP) is 2.08. The lowest BCUT2D eigenvalue weighted by atomic mass is 10.3. The van der Waals surface area contributed by atoms with E-state index in [1.807, 2.05) is 0 Å². The van der Waals surface area contributed by atoms with Gasteiger partial charge in [0.2, 0.25) is 5.78 Å². The minimum atomic E-state index is -1.38. The van der Waals surface area contributed by atoms with E-state index in [9.17, 15) is 9.59 Å². The zero-order chi connectivity index (χ0) is 9.98. The molecule has 0 heterocycles. The maximum Gasteiger partial charge on any atom is 0.371 e. The highest BCUT2D eigenvalue weighted by atomic mass is 35.5. The zero-order valence-corrected chi connectivity index (χ0v) is 8.23. The van der Waals surface area contributed by atoms with Gasteiger partial charge in [0, 0.05) is 12.8 Å². The number of carbonyl (C=O) groups excluding carboxylic acids is 1. The molecular formula is C8H15ClO3. The van der Waals surface area contributed by atoms with Crippen LogP contribution in [0.3, 0.4) is 0 Å². The summed E-state index contributed by atoms with van der Waals surface area (Å²) < 4.78 is 0. The molecule has 0 aliphatic heterocycles. The van der Waals surface area contributed by atoms with Crippen molar-refractivity contribution in [3.05, 3.63) is 0 Å². The molecule has 1 N–H and O–H groups in total. The number of rotatable bonds is 4. The first kappa shape index (κ1) is 14.0. The summed E-state index contributed by atoms with van der Waals surface area (Å²) in [6.45, 7) is 3.18. The highest BCUT2D eigenvalue weighted by Gasteiger charge is 1.98. The molecule has 0 spiro atoms. The SMILES string of the molecule is CC(=O)C(=O)O.CCCCCCl. The molecule has 0 aliphatic carbocycles. The summed E-state index contributed by atoms with van der Waals surface area (Å²) in [6.07, 6.45) is 3.73. The number of hydrogen-bond acceptors (Lipinski definition) is 2. The molecule has 0 unspecified atom stereocenters. The van der Waals surface area contributed by atoms with Gasteiger partial charge < -0.3 is 5.11 Å². The molecule has 0 aliphatic rings. The van der Waals surface area contributed by atoms with Gasteiger partial charge in [0.15, 0.2) is 0 Å². The number of ketones is 1. The van der Waals surface area contributed by atoms with Crippen LogP contribution < -0.4 is 0 Å². The van der Waals surface area contributed by atoms with Gasteiger partial charge in [-0.1, -0.05) is 19.8 Å². The van der Waals surface area contributed by atoms with Crippen molar-refractivity contribution in [2.24, 2.45) is 0 Å². The Kier molecular flexibility index (Phi) is 12.2. The molecule has 0 atom stereocenters. The minimum absolute atomic E-state index is 0.824. The molecule has 72 valence electrons. The molecule has 4 heteroatoms. The summed E-state index contributed by atoms with van der Waals surface area (Å²) in [7, 11) is 0. The number of aliphatic carboxylic acids is 1. The van der Waals surface area contributed by atoms with Gasteiger partial charge in [0.05, 0.1) is 0 Å². The molecule has 3 nitrogen and oxygen atoms in total. The van der Waals surface area contributed by atoms with Crippen LogP contribution in [0.4, 0.5) is 0 Å². The number of carboxylic acids is 1. The predicted molar refractivity (Wildman–Crippen MR) is 48.6 cm³/mol. The van der Waals surface area contributed by atoms with Gasteiger partial charge in [0.25, 0.3) is 0 Å². The number of unbranched alkanes of at least 4 members (excludes halogenated alkanes) is 2. The molecule has 0 bridgehead atoms. The summed E-state index contributed by atoms with van der Waals surface area (Å²) in [5.74, 6) is -1.38. The summed E-state index contributed by atoms with van der Waals surface area (Å²) in [5, 5.41) is 7.64. The van der Waals surface area contributed by atoms with Crippen molar-refractivity contribution in [3.8, 4) is 0 Å². The topological polar surface area (TPSA) is 54.4 Å². The maximum absolute atomic E-state index is 9.54. The first-order valence-corrected chi connectivity index (χ1v) is 4.39. The van der Waals surface area contributed by atoms with E-state index in [1.165, 1.54) is 19.3 Å². The lowest BCUT2D eigenvalue weighted by Crippen LogP contribution is -2.05. The molecule has 0 amide bonds. The van der Waals surface area contributed by atoms with Gasteiger partial charge in [-0.2, -0.15) is 0 Å². The summed E-state index contributed by atoms with van der Waals surface area (Å²) in [6, 6.07) is 0. The highest BCUT2D eigenvalue weighted by Crippen LogP contribution is 1.93. The van der Waals surface area contributed by atoms with Crippen LogP contribution in [0.5, 0.6) is 0 Å². The third-order valence-corrected chi connectivity index (χ3v) is 1.31. The molecule has 0 aromatic carbocycles. The van der Waals surface area contributed by atoms with E-state index in [0.29, 0.717) is 0 Å². The first-order chi connectivity index (χ1) is 5.56. The second-order valence-corrected chi connectivity index (χ2v) is 2.64. The van der Waals surface area contributed by atoms with Crippen LogP contribution in [-0.2, 0) is 9.59 Å². The average Bonchev–Trinajstić information content (AvgIpc) is 2.02. The van der Waals surface area contributed by atoms with Crippen molar-refractivity contribution in [2.45, 2.75) is 33.1 Å². The van der Waals surface area contributed by atoms with Crippen LogP contribution in [0, 0.1) is 0 Å². The molecule has 0 fully saturated rings. The first-order valence-electron chi connectivity index (χ1n) is 3.86. The summed E-state index contributed by atoms with van der Waals surface area (Å²) in [4.78, 5) is 18.9. The second kappa shape index (κ2) is 10.4. The van der Waals surface area contributed by atoms with Gasteiger partial charge in [-0.05, 0) is 6.42 Å². The standard InChI is InChI=1S/C5H11Cl.C3H4O3/c1-2-3-4-5-6;1-2(4)3(5)6/h2-5H2,1H3;1H3,(H,5,6). The Morgan fingerprint density at radius 2 is 1.75 bits per heavy atom. The summed E-state index contributed by atoms with van der Waals surface area (Å²) >= 11 is 5.38. The Bertz CT molecular complexity index is 118. The third kappa shape index (κ3) is 16.2. The number of carboxylic acid groups (broad SMARTS) is 1. The monoisotopic (exact) mass is 194 g/mol. The van der Waals surface area contributed by atoms with E-state index >= 15 is 0 Å². The second-order valence-electron chi connectivity index (χ2n) is 2.26. The van der Waals surface area contributed by atoms with Crippen LogP contribution in [0.1, 0.15) is 33.1 Å². The van der Waals surface area contributed by atoms with Gasteiger partial charge in [-0.25, -0.2) is 4.79 Å². The molecule has 0 aromatic heterocycles. The van der Waals surface area contributed by atoms with Crippen molar-refractivity contribution >= 4 is 23.4 Å². The van der Waals surface area contributed by atoms with Crippen LogP contribution in [0.2, 0.25) is 0 Å². The number of alkyl halides is 1. The largest absolute Gasteiger partial charge is 0.476 e. The van der Waals surface area contributed by atoms with Crippen molar-refractivity contribution in [3.63, 3.8) is 0 Å². The molecule has 0 aromatic rings. The average molecular weight is 195 g/mol. The third-order valence-electron chi connectivity index (χ3n) is 1.04. The molecule has 0 radical (unpaired) electrons. The lowest BCUT2D eigenvalue weighted by Gasteiger charge is -1.84. The zero-order valence-electron chi connectivity index (χ0n) is 7.47. The van der Waals surface area contributed by atoms with Crippen LogP contribution in [0.15, 0.2) is 0 Å². The fourth-order valence-corrected chi connectivity index (χ4v) is 0.533. The molecule has 12 heavy (non-hydrogen) atoms. The number of Topliss-reactive ketones (excluding diaryl/α,β-unsaturated/α-hetero) is 1. The van der Waals surface area contributed by atoms with Crippen LogP contribution >= 0.6 is 11.6 Å². The number of halogens is 1.